The summed E-state index contributed by atoms with van der Waals surface area (Å²) in [7, 11) is 0. The van der Waals surface area contributed by atoms with E-state index >= 15 is 0 Å². The fraction of sp³-hybridized carbons (Fsp3) is 0. The van der Waals surface area contributed by atoms with Gasteiger partial charge in [0.1, 0.15) is 12.1 Å². The summed E-state index contributed by atoms with van der Waals surface area (Å²) in [5.74, 6) is -0.736. The smallest absolute Gasteiger partial charge is 0.371 e. The highest BCUT2D eigenvalue weighted by molar-refractivity contribution is 5.85. The fourth-order valence-corrected chi connectivity index (χ4v) is 1.03. The molecule has 0 aliphatic rings. The largest absolute Gasteiger partial charge is 0.475 e. The van der Waals surface area contributed by atoms with Crippen LogP contribution in [0.1, 0.15) is 10.6 Å². The van der Waals surface area contributed by atoms with Crippen LogP contribution in [-0.2, 0) is 0 Å². The molecule has 0 saturated heterocycles. The summed E-state index contributed by atoms with van der Waals surface area (Å²) >= 11 is 0. The number of rotatable bonds is 2. The zero-order valence-corrected chi connectivity index (χ0v) is 7.04. The molecule has 2 aromatic heterocycles. The van der Waals surface area contributed by atoms with E-state index in [0.29, 0.717) is 11.3 Å². The number of nitrogens with zero attached hydrogens (tertiary/aromatic N) is 2. The highest BCUT2D eigenvalue weighted by Crippen LogP contribution is 2.19. The normalized spacial score (nSPS) is 10.0. The Kier molecular flexibility index (Phi) is 1.98. The van der Waals surface area contributed by atoms with E-state index in [1.165, 1.54) is 12.4 Å². The van der Waals surface area contributed by atoms with Gasteiger partial charge in [0.05, 0.1) is 5.56 Å². The second kappa shape index (κ2) is 3.29. The SMILES string of the molecule is O=C(O)c1ccc(-c2cncnc2)o1. The van der Waals surface area contributed by atoms with Gasteiger partial charge >= 0.3 is 5.97 Å². The molecule has 0 unspecified atom stereocenters. The van der Waals surface area contributed by atoms with E-state index in [4.69, 9.17) is 9.52 Å². The van der Waals surface area contributed by atoms with Crippen molar-refractivity contribution in [2.45, 2.75) is 0 Å². The van der Waals surface area contributed by atoms with Gasteiger partial charge < -0.3 is 9.52 Å². The Morgan fingerprint density at radius 1 is 1.29 bits per heavy atom. The minimum Gasteiger partial charge on any atom is -0.475 e. The number of carbonyl (C=O) groups is 1. The van der Waals surface area contributed by atoms with Gasteiger partial charge in [-0.2, -0.15) is 0 Å². The topological polar surface area (TPSA) is 76.2 Å². The van der Waals surface area contributed by atoms with Gasteiger partial charge in [0.2, 0.25) is 5.76 Å². The summed E-state index contributed by atoms with van der Waals surface area (Å²) in [6.07, 6.45) is 4.50. The quantitative estimate of drug-likeness (QED) is 0.775. The monoisotopic (exact) mass is 190 g/mol. The van der Waals surface area contributed by atoms with Crippen LogP contribution in [0.15, 0.2) is 35.3 Å². The van der Waals surface area contributed by atoms with E-state index in [2.05, 4.69) is 9.97 Å². The summed E-state index contributed by atoms with van der Waals surface area (Å²) < 4.78 is 5.05. The van der Waals surface area contributed by atoms with Crippen LogP contribution < -0.4 is 0 Å². The van der Waals surface area contributed by atoms with Crippen molar-refractivity contribution < 1.29 is 14.3 Å². The summed E-state index contributed by atoms with van der Waals surface area (Å²) in [5, 5.41) is 8.62. The van der Waals surface area contributed by atoms with Crippen LogP contribution in [0.3, 0.4) is 0 Å². The Labute approximate surface area is 79.0 Å². The molecular weight excluding hydrogens is 184 g/mol. The van der Waals surface area contributed by atoms with Crippen LogP contribution in [0.4, 0.5) is 0 Å². The van der Waals surface area contributed by atoms with Crippen LogP contribution in [0.5, 0.6) is 0 Å². The second-order valence-corrected chi connectivity index (χ2v) is 2.60. The molecule has 1 N–H and O–H groups in total. The molecule has 70 valence electrons. The van der Waals surface area contributed by atoms with Crippen molar-refractivity contribution >= 4 is 5.97 Å². The molecule has 2 aromatic rings. The van der Waals surface area contributed by atoms with Crippen molar-refractivity contribution in [1.82, 2.24) is 9.97 Å². The summed E-state index contributed by atoms with van der Waals surface area (Å²) in [5.41, 5.74) is 0.653. The maximum Gasteiger partial charge on any atom is 0.371 e. The molecule has 0 spiro atoms. The van der Waals surface area contributed by atoms with E-state index < -0.39 is 5.97 Å². The van der Waals surface area contributed by atoms with Crippen LogP contribution in [0.25, 0.3) is 11.3 Å². The summed E-state index contributed by atoms with van der Waals surface area (Å²) in [6, 6.07) is 2.97. The summed E-state index contributed by atoms with van der Waals surface area (Å²) in [4.78, 5) is 18.1. The zero-order valence-electron chi connectivity index (χ0n) is 7.04. The minimum absolute atomic E-state index is 0.0937. The highest BCUT2D eigenvalue weighted by Gasteiger charge is 2.09. The number of carboxylic acid groups (broad SMARTS) is 1. The third-order valence-electron chi connectivity index (χ3n) is 1.66. The molecule has 0 bridgehead atoms. The molecule has 2 rings (SSSR count). The molecule has 0 atom stereocenters. The van der Waals surface area contributed by atoms with Crippen LogP contribution in [-0.4, -0.2) is 21.0 Å². The number of hydrogen-bond donors (Lipinski definition) is 1. The van der Waals surface area contributed by atoms with Crippen LogP contribution in [0.2, 0.25) is 0 Å². The van der Waals surface area contributed by atoms with Gasteiger partial charge in [-0.1, -0.05) is 0 Å². The van der Waals surface area contributed by atoms with E-state index in [9.17, 15) is 4.79 Å². The van der Waals surface area contributed by atoms with Crippen molar-refractivity contribution in [2.75, 3.05) is 0 Å². The third-order valence-corrected chi connectivity index (χ3v) is 1.66. The molecule has 0 aliphatic heterocycles. The molecule has 0 amide bonds. The lowest BCUT2D eigenvalue weighted by molar-refractivity contribution is 0.0663. The van der Waals surface area contributed by atoms with E-state index in [1.807, 2.05) is 0 Å². The molecular formula is C9H6N2O3. The van der Waals surface area contributed by atoms with Gasteiger partial charge in [0.25, 0.3) is 0 Å². The molecule has 0 saturated carbocycles. The second-order valence-electron chi connectivity index (χ2n) is 2.60. The summed E-state index contributed by atoms with van der Waals surface area (Å²) in [6.45, 7) is 0. The number of aromatic nitrogens is 2. The molecule has 14 heavy (non-hydrogen) atoms. The predicted octanol–water partition coefficient (Wildman–Crippen LogP) is 1.43. The molecule has 0 fully saturated rings. The number of hydrogen-bond acceptors (Lipinski definition) is 4. The Hall–Kier alpha value is -2.17. The highest BCUT2D eigenvalue weighted by atomic mass is 16.4. The maximum atomic E-state index is 10.5. The van der Waals surface area contributed by atoms with Crippen molar-refractivity contribution in [3.8, 4) is 11.3 Å². The van der Waals surface area contributed by atoms with Crippen molar-refractivity contribution in [1.29, 1.82) is 0 Å². The molecule has 0 aromatic carbocycles. The molecule has 2 heterocycles. The van der Waals surface area contributed by atoms with Gasteiger partial charge in [-0.3, -0.25) is 0 Å². The molecule has 0 radical (unpaired) electrons. The molecule has 5 heteroatoms. The van der Waals surface area contributed by atoms with Crippen LogP contribution >= 0.6 is 0 Å². The average molecular weight is 190 g/mol. The van der Waals surface area contributed by atoms with E-state index in [0.717, 1.165) is 0 Å². The van der Waals surface area contributed by atoms with Gasteiger partial charge in [0.15, 0.2) is 0 Å². The van der Waals surface area contributed by atoms with Crippen molar-refractivity contribution in [3.05, 3.63) is 36.6 Å². The van der Waals surface area contributed by atoms with E-state index in [1.54, 1.807) is 18.5 Å². The van der Waals surface area contributed by atoms with Crippen LogP contribution in [0, 0.1) is 0 Å². The Morgan fingerprint density at radius 2 is 2.00 bits per heavy atom. The maximum absolute atomic E-state index is 10.5. The average Bonchev–Trinajstić information content (AvgIpc) is 2.68. The first-order valence-electron chi connectivity index (χ1n) is 3.86. The van der Waals surface area contributed by atoms with Gasteiger partial charge in [-0.15, -0.1) is 0 Å². The Bertz CT molecular complexity index is 450. The molecule has 5 nitrogen and oxygen atoms in total. The fourth-order valence-electron chi connectivity index (χ4n) is 1.03. The van der Waals surface area contributed by atoms with Gasteiger partial charge in [-0.25, -0.2) is 14.8 Å². The number of carboxylic acids is 1. The lowest BCUT2D eigenvalue weighted by atomic mass is 10.3. The first-order valence-corrected chi connectivity index (χ1v) is 3.86. The van der Waals surface area contributed by atoms with E-state index in [-0.39, 0.29) is 5.76 Å². The lowest BCUT2D eigenvalue weighted by Crippen LogP contribution is -1.91. The van der Waals surface area contributed by atoms with Crippen molar-refractivity contribution in [2.24, 2.45) is 0 Å². The third kappa shape index (κ3) is 1.47. The zero-order chi connectivity index (χ0) is 9.97. The Balaban J connectivity index is 2.39. The number of furan rings is 1. The Morgan fingerprint density at radius 3 is 2.57 bits per heavy atom. The standard InChI is InChI=1S/C9H6N2O3/c12-9(13)8-2-1-7(14-8)6-3-10-5-11-4-6/h1-5H,(H,12,13). The number of aromatic carboxylic acids is 1. The predicted molar refractivity (Wildman–Crippen MR) is 46.7 cm³/mol. The first kappa shape index (κ1) is 8.43. The minimum atomic E-state index is -1.09. The van der Waals surface area contributed by atoms with Gasteiger partial charge in [0, 0.05) is 12.4 Å². The van der Waals surface area contributed by atoms with Gasteiger partial charge in [-0.05, 0) is 12.1 Å². The first-order chi connectivity index (χ1) is 6.77. The van der Waals surface area contributed by atoms with Crippen molar-refractivity contribution in [3.63, 3.8) is 0 Å². The molecule has 0 aliphatic carbocycles. The lowest BCUT2D eigenvalue weighted by Gasteiger charge is -1.92.